The van der Waals surface area contributed by atoms with Crippen molar-refractivity contribution in [2.75, 3.05) is 43.1 Å². The molecule has 1 heterocycles. The second kappa shape index (κ2) is 6.63. The van der Waals surface area contributed by atoms with Crippen molar-refractivity contribution >= 4 is 23.5 Å². The van der Waals surface area contributed by atoms with Gasteiger partial charge in [0.2, 0.25) is 11.9 Å². The Morgan fingerprint density at radius 2 is 2.22 bits per heavy atom. The van der Waals surface area contributed by atoms with Gasteiger partial charge in [-0.3, -0.25) is 4.79 Å². The maximum Gasteiger partial charge on any atom is 0.239 e. The largest absolute Gasteiger partial charge is 0.373 e. The summed E-state index contributed by atoms with van der Waals surface area (Å²) in [6.45, 7) is 2.92. The number of aromatic nitrogens is 2. The van der Waals surface area contributed by atoms with E-state index in [1.165, 1.54) is 0 Å². The first-order chi connectivity index (χ1) is 8.56. The Balaban J connectivity index is 2.68. The second-order valence-corrected chi connectivity index (χ2v) is 3.93. The van der Waals surface area contributed by atoms with Crippen LogP contribution in [0.2, 0.25) is 0 Å². The van der Waals surface area contributed by atoms with Gasteiger partial charge in [-0.25, -0.2) is 0 Å². The van der Waals surface area contributed by atoms with Crippen molar-refractivity contribution in [3.63, 3.8) is 0 Å². The third-order valence-electron chi connectivity index (χ3n) is 2.33. The number of nitrogen functional groups attached to an aromatic ring is 1. The summed E-state index contributed by atoms with van der Waals surface area (Å²) >= 11 is 0. The highest BCUT2D eigenvalue weighted by molar-refractivity contribution is 5.81. The van der Waals surface area contributed by atoms with Crippen molar-refractivity contribution in [2.45, 2.75) is 13.3 Å². The lowest BCUT2D eigenvalue weighted by Crippen LogP contribution is -2.36. The molecule has 0 aliphatic heterocycles. The zero-order valence-electron chi connectivity index (χ0n) is 11.0. The van der Waals surface area contributed by atoms with E-state index < -0.39 is 0 Å². The highest BCUT2D eigenvalue weighted by Crippen LogP contribution is 2.14. The molecule has 0 atom stereocenters. The molecular formula is C11H20N6O. The van der Waals surface area contributed by atoms with Crippen LogP contribution in [0.15, 0.2) is 6.07 Å². The van der Waals surface area contributed by atoms with E-state index in [4.69, 9.17) is 5.73 Å². The van der Waals surface area contributed by atoms with Crippen molar-refractivity contribution in [3.8, 4) is 0 Å². The molecule has 0 aliphatic rings. The van der Waals surface area contributed by atoms with Gasteiger partial charge < -0.3 is 21.3 Å². The number of nitrogens with zero attached hydrogens (tertiary/aromatic N) is 3. The van der Waals surface area contributed by atoms with Crippen LogP contribution in [0.25, 0.3) is 0 Å². The first-order valence-electron chi connectivity index (χ1n) is 5.87. The van der Waals surface area contributed by atoms with Gasteiger partial charge in [0.15, 0.2) is 0 Å². The Kier molecular flexibility index (Phi) is 5.16. The minimum absolute atomic E-state index is 0.0393. The molecule has 0 fully saturated rings. The van der Waals surface area contributed by atoms with Crippen LogP contribution < -0.4 is 21.3 Å². The fourth-order valence-corrected chi connectivity index (χ4v) is 1.39. The van der Waals surface area contributed by atoms with E-state index in [1.807, 2.05) is 6.92 Å². The monoisotopic (exact) mass is 252 g/mol. The van der Waals surface area contributed by atoms with Crippen LogP contribution in [0, 0.1) is 0 Å². The third kappa shape index (κ3) is 4.08. The SMILES string of the molecule is CCCNC(=O)CN(C)c1cc(NC)nc(N)n1. The smallest absolute Gasteiger partial charge is 0.239 e. The van der Waals surface area contributed by atoms with Gasteiger partial charge in [-0.2, -0.15) is 9.97 Å². The Hall–Kier alpha value is -2.05. The molecule has 0 saturated carbocycles. The topological polar surface area (TPSA) is 96.2 Å². The van der Waals surface area contributed by atoms with Gasteiger partial charge in [-0.1, -0.05) is 6.92 Å². The molecule has 7 heteroatoms. The Labute approximate surface area is 107 Å². The quantitative estimate of drug-likeness (QED) is 0.662. The van der Waals surface area contributed by atoms with Crippen LogP contribution in [0.4, 0.5) is 17.6 Å². The predicted molar refractivity (Wildman–Crippen MR) is 72.6 cm³/mol. The van der Waals surface area contributed by atoms with Gasteiger partial charge in [-0.15, -0.1) is 0 Å². The van der Waals surface area contributed by atoms with Gasteiger partial charge in [0.25, 0.3) is 0 Å². The van der Waals surface area contributed by atoms with Crippen molar-refractivity contribution in [1.82, 2.24) is 15.3 Å². The van der Waals surface area contributed by atoms with E-state index in [2.05, 4.69) is 20.6 Å². The molecule has 4 N–H and O–H groups in total. The summed E-state index contributed by atoms with van der Waals surface area (Å²) in [5, 5.41) is 5.70. The zero-order valence-corrected chi connectivity index (χ0v) is 11.0. The lowest BCUT2D eigenvalue weighted by molar-refractivity contribution is -0.119. The second-order valence-electron chi connectivity index (χ2n) is 3.93. The fraction of sp³-hybridized carbons (Fsp3) is 0.545. The van der Waals surface area contributed by atoms with E-state index >= 15 is 0 Å². The Morgan fingerprint density at radius 3 is 2.83 bits per heavy atom. The summed E-state index contributed by atoms with van der Waals surface area (Å²) in [5.41, 5.74) is 5.59. The number of rotatable bonds is 6. The number of nitrogens with two attached hydrogens (primary N) is 1. The summed E-state index contributed by atoms with van der Waals surface area (Å²) in [4.78, 5) is 21.4. The third-order valence-corrected chi connectivity index (χ3v) is 2.33. The number of carbonyl (C=O) groups is 1. The molecule has 100 valence electrons. The highest BCUT2D eigenvalue weighted by atomic mass is 16.2. The lowest BCUT2D eigenvalue weighted by atomic mass is 10.4. The van der Waals surface area contributed by atoms with E-state index in [0.29, 0.717) is 18.2 Å². The van der Waals surface area contributed by atoms with Gasteiger partial charge >= 0.3 is 0 Å². The Morgan fingerprint density at radius 1 is 1.50 bits per heavy atom. The summed E-state index contributed by atoms with van der Waals surface area (Å²) in [6, 6.07) is 1.74. The molecule has 0 aromatic carbocycles. The summed E-state index contributed by atoms with van der Waals surface area (Å²) in [6.07, 6.45) is 0.916. The summed E-state index contributed by atoms with van der Waals surface area (Å²) < 4.78 is 0. The molecule has 1 amide bonds. The van der Waals surface area contributed by atoms with Crippen molar-refractivity contribution in [1.29, 1.82) is 0 Å². The van der Waals surface area contributed by atoms with Crippen molar-refractivity contribution in [3.05, 3.63) is 6.07 Å². The summed E-state index contributed by atoms with van der Waals surface area (Å²) in [7, 11) is 3.53. The number of amides is 1. The normalized spacial score (nSPS) is 9.94. The van der Waals surface area contributed by atoms with Gasteiger partial charge in [0.05, 0.1) is 6.54 Å². The van der Waals surface area contributed by atoms with Crippen LogP contribution in [0.5, 0.6) is 0 Å². The minimum Gasteiger partial charge on any atom is -0.373 e. The van der Waals surface area contributed by atoms with E-state index in [1.54, 1.807) is 25.1 Å². The van der Waals surface area contributed by atoms with E-state index in [9.17, 15) is 4.79 Å². The number of hydrogen-bond donors (Lipinski definition) is 3. The van der Waals surface area contributed by atoms with Gasteiger partial charge in [0, 0.05) is 26.7 Å². The van der Waals surface area contributed by atoms with Crippen LogP contribution in [0.3, 0.4) is 0 Å². The average Bonchev–Trinajstić information content (AvgIpc) is 2.35. The predicted octanol–water partition coefficient (Wildman–Crippen LogP) is 0.0629. The van der Waals surface area contributed by atoms with Crippen molar-refractivity contribution < 1.29 is 4.79 Å². The molecule has 7 nitrogen and oxygen atoms in total. The molecular weight excluding hydrogens is 232 g/mol. The molecule has 0 radical (unpaired) electrons. The zero-order chi connectivity index (χ0) is 13.5. The molecule has 1 rings (SSSR count). The maximum atomic E-state index is 11.6. The minimum atomic E-state index is -0.0393. The molecule has 1 aromatic heterocycles. The molecule has 0 aliphatic carbocycles. The number of likely N-dealkylation sites (N-methyl/N-ethyl adjacent to an activating group) is 1. The number of anilines is 3. The van der Waals surface area contributed by atoms with Gasteiger partial charge in [0.1, 0.15) is 11.6 Å². The van der Waals surface area contributed by atoms with Crippen LogP contribution in [-0.2, 0) is 4.79 Å². The Bertz CT molecular complexity index is 409. The molecule has 1 aromatic rings. The average molecular weight is 252 g/mol. The summed E-state index contributed by atoms with van der Waals surface area (Å²) in [5.74, 6) is 1.37. The molecule has 0 unspecified atom stereocenters. The molecule has 0 saturated heterocycles. The lowest BCUT2D eigenvalue weighted by Gasteiger charge is -2.18. The van der Waals surface area contributed by atoms with Crippen LogP contribution >= 0.6 is 0 Å². The maximum absolute atomic E-state index is 11.6. The first-order valence-corrected chi connectivity index (χ1v) is 5.87. The van der Waals surface area contributed by atoms with Crippen molar-refractivity contribution in [2.24, 2.45) is 0 Å². The molecule has 0 bridgehead atoms. The van der Waals surface area contributed by atoms with E-state index in [-0.39, 0.29) is 18.4 Å². The van der Waals surface area contributed by atoms with Gasteiger partial charge in [-0.05, 0) is 6.42 Å². The number of carbonyl (C=O) groups excluding carboxylic acids is 1. The first kappa shape index (κ1) is 14.0. The van der Waals surface area contributed by atoms with Crippen LogP contribution in [0.1, 0.15) is 13.3 Å². The molecule has 0 spiro atoms. The standard InChI is InChI=1S/C11H20N6O/c1-4-5-14-10(18)7-17(3)9-6-8(13-2)15-11(12)16-9/h6H,4-5,7H2,1-3H3,(H,14,18)(H3,12,13,15,16). The van der Waals surface area contributed by atoms with E-state index in [0.717, 1.165) is 6.42 Å². The highest BCUT2D eigenvalue weighted by Gasteiger charge is 2.10. The number of hydrogen-bond acceptors (Lipinski definition) is 6. The number of nitrogens with one attached hydrogen (secondary N) is 2. The molecule has 18 heavy (non-hydrogen) atoms. The fourth-order valence-electron chi connectivity index (χ4n) is 1.39. The van der Waals surface area contributed by atoms with Crippen LogP contribution in [-0.4, -0.2) is 43.1 Å².